The smallest absolute Gasteiger partial charge is 0.238 e. The fourth-order valence-electron chi connectivity index (χ4n) is 2.55. The second kappa shape index (κ2) is 6.95. The first-order valence-electron chi connectivity index (χ1n) is 7.10. The molecule has 0 aliphatic carbocycles. The first-order valence-corrected chi connectivity index (χ1v) is 8.65. The maximum Gasteiger partial charge on any atom is 0.238 e. The third-order valence-electron chi connectivity index (χ3n) is 3.78. The van der Waals surface area contributed by atoms with E-state index >= 15 is 0 Å². The van der Waals surface area contributed by atoms with Gasteiger partial charge in [0.25, 0.3) is 0 Å². The Morgan fingerprint density at radius 3 is 2.09 bits per heavy atom. The highest BCUT2D eigenvalue weighted by Crippen LogP contribution is 2.34. The van der Waals surface area contributed by atoms with Crippen LogP contribution in [-0.2, 0) is 14.9 Å². The summed E-state index contributed by atoms with van der Waals surface area (Å²) in [6, 6.07) is 16.3. The van der Waals surface area contributed by atoms with Crippen LogP contribution in [0.3, 0.4) is 0 Å². The van der Waals surface area contributed by atoms with Crippen LogP contribution in [0, 0.1) is 0 Å². The molecule has 2 rings (SSSR count). The Labute approximate surface area is 136 Å². The fourth-order valence-corrected chi connectivity index (χ4v) is 3.07. The molecule has 0 aromatic heterocycles. The number of sulfonamides is 1. The van der Waals surface area contributed by atoms with Gasteiger partial charge in [-0.2, -0.15) is 5.90 Å². The summed E-state index contributed by atoms with van der Waals surface area (Å²) in [5, 5.41) is 5.14. The van der Waals surface area contributed by atoms with Crippen molar-refractivity contribution in [2.45, 2.75) is 24.7 Å². The van der Waals surface area contributed by atoms with Crippen molar-refractivity contribution in [3.8, 4) is 0 Å². The van der Waals surface area contributed by atoms with Crippen LogP contribution in [0.25, 0.3) is 5.57 Å². The average Bonchev–Trinajstić information content (AvgIpc) is 2.55. The molecule has 0 aliphatic rings. The van der Waals surface area contributed by atoms with Crippen molar-refractivity contribution in [1.29, 1.82) is 0 Å². The topological polar surface area (TPSA) is 95.4 Å². The number of benzene rings is 2. The third-order valence-corrected chi connectivity index (χ3v) is 4.71. The molecule has 0 heterocycles. The van der Waals surface area contributed by atoms with Gasteiger partial charge in [-0.15, -0.1) is 0 Å². The van der Waals surface area contributed by atoms with E-state index in [4.69, 9.17) is 15.9 Å². The minimum Gasteiger partial charge on any atom is -0.416 e. The van der Waals surface area contributed by atoms with E-state index in [0.717, 1.165) is 16.7 Å². The van der Waals surface area contributed by atoms with Crippen LogP contribution < -0.4 is 11.0 Å². The molecule has 1 unspecified atom stereocenters. The zero-order chi connectivity index (χ0) is 17.0. The van der Waals surface area contributed by atoms with Gasteiger partial charge in [0.15, 0.2) is 0 Å². The highest BCUT2D eigenvalue weighted by atomic mass is 32.2. The molecule has 5 nitrogen and oxygen atoms in total. The number of primary sulfonamides is 1. The number of allylic oxidation sites excluding steroid dienone is 2. The Morgan fingerprint density at radius 1 is 1.04 bits per heavy atom. The van der Waals surface area contributed by atoms with Gasteiger partial charge in [0.1, 0.15) is 5.76 Å². The summed E-state index contributed by atoms with van der Waals surface area (Å²) >= 11 is 0. The van der Waals surface area contributed by atoms with Crippen LogP contribution in [-0.4, -0.2) is 8.42 Å². The summed E-state index contributed by atoms with van der Waals surface area (Å²) < 4.78 is 22.8. The molecule has 122 valence electrons. The minimum absolute atomic E-state index is 0.0279. The Hall–Kier alpha value is -2.15. The van der Waals surface area contributed by atoms with E-state index in [9.17, 15) is 8.42 Å². The van der Waals surface area contributed by atoms with Gasteiger partial charge in [0, 0.05) is 11.5 Å². The molecule has 4 N–H and O–H groups in total. The highest BCUT2D eigenvalue weighted by molar-refractivity contribution is 7.89. The second-order valence-electron chi connectivity index (χ2n) is 5.29. The second-order valence-corrected chi connectivity index (χ2v) is 6.85. The summed E-state index contributed by atoms with van der Waals surface area (Å²) in [5.74, 6) is 5.95. The maximum atomic E-state index is 11.4. The molecule has 2 aromatic rings. The lowest BCUT2D eigenvalue weighted by molar-refractivity contribution is 0.223. The zero-order valence-corrected chi connectivity index (χ0v) is 13.9. The quantitative estimate of drug-likeness (QED) is 0.650. The van der Waals surface area contributed by atoms with E-state index in [2.05, 4.69) is 0 Å². The lowest BCUT2D eigenvalue weighted by Gasteiger charge is -2.19. The first-order chi connectivity index (χ1) is 10.8. The van der Waals surface area contributed by atoms with E-state index in [0.29, 0.717) is 5.76 Å². The van der Waals surface area contributed by atoms with Gasteiger partial charge in [-0.1, -0.05) is 49.4 Å². The van der Waals surface area contributed by atoms with Gasteiger partial charge in [0.05, 0.1) is 4.90 Å². The molecule has 0 bridgehead atoms. The molecule has 6 heteroatoms. The standard InChI is InChI=1S/C17H20N2O3S/c1-12(14-6-4-3-5-7-14)17(13(2)22-18)15-8-10-16(11-9-15)23(19,20)21/h3-12H,18H2,1-2H3,(H2,19,20,21)/b17-13+. The van der Waals surface area contributed by atoms with Crippen molar-refractivity contribution in [3.05, 3.63) is 71.5 Å². The number of hydrogen-bond donors (Lipinski definition) is 2. The number of rotatable bonds is 5. The predicted octanol–water partition coefficient (Wildman–Crippen LogP) is 2.76. The molecule has 2 aromatic carbocycles. The zero-order valence-electron chi connectivity index (χ0n) is 13.1. The summed E-state index contributed by atoms with van der Waals surface area (Å²) in [6.45, 7) is 3.82. The van der Waals surface area contributed by atoms with Crippen molar-refractivity contribution in [2.24, 2.45) is 11.0 Å². The lowest BCUT2D eigenvalue weighted by atomic mass is 9.87. The lowest BCUT2D eigenvalue weighted by Crippen LogP contribution is -2.12. The van der Waals surface area contributed by atoms with Crippen LogP contribution in [0.5, 0.6) is 0 Å². The molecule has 0 saturated carbocycles. The van der Waals surface area contributed by atoms with Crippen LogP contribution in [0.1, 0.15) is 30.9 Å². The van der Waals surface area contributed by atoms with Crippen LogP contribution in [0.4, 0.5) is 0 Å². The number of hydrogen-bond acceptors (Lipinski definition) is 4. The van der Waals surface area contributed by atoms with E-state index in [1.165, 1.54) is 12.1 Å². The van der Waals surface area contributed by atoms with Gasteiger partial charge < -0.3 is 4.84 Å². The van der Waals surface area contributed by atoms with E-state index in [1.54, 1.807) is 19.1 Å². The van der Waals surface area contributed by atoms with Gasteiger partial charge in [-0.25, -0.2) is 13.6 Å². The van der Waals surface area contributed by atoms with E-state index in [-0.39, 0.29) is 10.8 Å². The molecule has 0 radical (unpaired) electrons. The van der Waals surface area contributed by atoms with Gasteiger partial charge >= 0.3 is 0 Å². The summed E-state index contributed by atoms with van der Waals surface area (Å²) in [6.07, 6.45) is 0. The van der Waals surface area contributed by atoms with Crippen molar-refractivity contribution in [3.63, 3.8) is 0 Å². The average molecular weight is 332 g/mol. The minimum atomic E-state index is -3.72. The third kappa shape index (κ3) is 3.98. The normalized spacial score (nSPS) is 14.1. The molecule has 0 aliphatic heterocycles. The summed E-state index contributed by atoms with van der Waals surface area (Å²) in [4.78, 5) is 5.01. The first kappa shape index (κ1) is 17.2. The highest BCUT2D eigenvalue weighted by Gasteiger charge is 2.18. The van der Waals surface area contributed by atoms with Gasteiger partial charge in [-0.3, -0.25) is 0 Å². The van der Waals surface area contributed by atoms with Gasteiger partial charge in [-0.05, 0) is 30.2 Å². The monoisotopic (exact) mass is 332 g/mol. The largest absolute Gasteiger partial charge is 0.416 e. The molecular formula is C17H20N2O3S. The fraction of sp³-hybridized carbons (Fsp3) is 0.176. The van der Waals surface area contributed by atoms with Crippen LogP contribution in [0.15, 0.2) is 65.3 Å². The van der Waals surface area contributed by atoms with Crippen LogP contribution in [0.2, 0.25) is 0 Å². The number of nitrogens with two attached hydrogens (primary N) is 2. The Bertz CT molecular complexity index is 797. The summed E-state index contributed by atoms with van der Waals surface area (Å²) in [7, 11) is -3.72. The molecule has 0 saturated heterocycles. The van der Waals surface area contributed by atoms with Crippen LogP contribution >= 0.6 is 0 Å². The summed E-state index contributed by atoms with van der Waals surface area (Å²) in [5.41, 5.74) is 2.82. The molecule has 0 fully saturated rings. The van der Waals surface area contributed by atoms with Crippen molar-refractivity contribution >= 4 is 15.6 Å². The van der Waals surface area contributed by atoms with Gasteiger partial charge in [0.2, 0.25) is 10.0 Å². The molecule has 23 heavy (non-hydrogen) atoms. The SMILES string of the molecule is C/C(ON)=C(\c1ccc(S(N)(=O)=O)cc1)C(C)c1ccccc1. The molecule has 0 spiro atoms. The Balaban J connectivity index is 2.49. The molecular weight excluding hydrogens is 312 g/mol. The van der Waals surface area contributed by atoms with E-state index in [1.807, 2.05) is 37.3 Å². The Morgan fingerprint density at radius 2 is 1.61 bits per heavy atom. The molecule has 0 amide bonds. The van der Waals surface area contributed by atoms with E-state index < -0.39 is 10.0 Å². The maximum absolute atomic E-state index is 11.4. The predicted molar refractivity (Wildman–Crippen MR) is 90.5 cm³/mol. The van der Waals surface area contributed by atoms with Crippen molar-refractivity contribution < 1.29 is 13.3 Å². The Kier molecular flexibility index (Phi) is 5.20. The van der Waals surface area contributed by atoms with Crippen molar-refractivity contribution in [2.75, 3.05) is 0 Å². The molecule has 1 atom stereocenters. The van der Waals surface area contributed by atoms with Crippen molar-refractivity contribution in [1.82, 2.24) is 0 Å².